The number of ether oxygens (including phenoxy) is 2. The fourth-order valence-electron chi connectivity index (χ4n) is 3.25. The SMILES string of the molecule is O=C(COC(=O)CNC(=O)c1ccc(N2CCCC2=O)cc1)NC[C@@H]1CCCO1. The summed E-state index contributed by atoms with van der Waals surface area (Å²) in [4.78, 5) is 49.0. The summed E-state index contributed by atoms with van der Waals surface area (Å²) < 4.78 is 10.2. The zero-order chi connectivity index (χ0) is 20.6. The molecule has 0 radical (unpaired) electrons. The van der Waals surface area contributed by atoms with Crippen molar-refractivity contribution in [2.24, 2.45) is 0 Å². The van der Waals surface area contributed by atoms with Crippen molar-refractivity contribution in [2.75, 3.05) is 37.7 Å². The van der Waals surface area contributed by atoms with Crippen molar-refractivity contribution < 1.29 is 28.7 Å². The minimum atomic E-state index is -0.704. The highest BCUT2D eigenvalue weighted by Gasteiger charge is 2.22. The number of rotatable bonds is 8. The molecule has 3 amide bonds. The Hall–Kier alpha value is -2.94. The molecule has 2 aliphatic heterocycles. The van der Waals surface area contributed by atoms with Crippen LogP contribution < -0.4 is 15.5 Å². The van der Waals surface area contributed by atoms with E-state index in [1.807, 2.05) is 0 Å². The van der Waals surface area contributed by atoms with E-state index in [-0.39, 0.29) is 18.6 Å². The van der Waals surface area contributed by atoms with E-state index in [4.69, 9.17) is 9.47 Å². The molecule has 156 valence electrons. The summed E-state index contributed by atoms with van der Waals surface area (Å²) in [7, 11) is 0. The summed E-state index contributed by atoms with van der Waals surface area (Å²) in [6, 6.07) is 6.60. The largest absolute Gasteiger partial charge is 0.454 e. The van der Waals surface area contributed by atoms with Crippen LogP contribution in [0.3, 0.4) is 0 Å². The van der Waals surface area contributed by atoms with Crippen LogP contribution in [-0.4, -0.2) is 62.6 Å². The molecule has 2 N–H and O–H groups in total. The summed E-state index contributed by atoms with van der Waals surface area (Å²) >= 11 is 0. The Kier molecular flexibility index (Phi) is 7.18. The first-order valence-corrected chi connectivity index (χ1v) is 9.75. The van der Waals surface area contributed by atoms with Gasteiger partial charge in [0.05, 0.1) is 6.10 Å². The van der Waals surface area contributed by atoms with E-state index in [2.05, 4.69) is 10.6 Å². The first kappa shape index (κ1) is 20.8. The number of carbonyl (C=O) groups is 4. The van der Waals surface area contributed by atoms with Crippen molar-refractivity contribution in [3.63, 3.8) is 0 Å². The number of nitrogens with one attached hydrogen (secondary N) is 2. The molecule has 2 saturated heterocycles. The monoisotopic (exact) mass is 403 g/mol. The maximum atomic E-state index is 12.1. The lowest BCUT2D eigenvalue weighted by molar-refractivity contribution is -0.147. The molecule has 0 saturated carbocycles. The quantitative estimate of drug-likeness (QED) is 0.607. The van der Waals surface area contributed by atoms with Gasteiger partial charge in [-0.3, -0.25) is 19.2 Å². The van der Waals surface area contributed by atoms with Gasteiger partial charge in [0.15, 0.2) is 6.61 Å². The molecule has 0 unspecified atom stereocenters. The van der Waals surface area contributed by atoms with Crippen LogP contribution in [0.25, 0.3) is 0 Å². The Morgan fingerprint density at radius 1 is 1.14 bits per heavy atom. The van der Waals surface area contributed by atoms with Gasteiger partial charge in [-0.25, -0.2) is 0 Å². The number of hydrogen-bond acceptors (Lipinski definition) is 6. The molecular weight excluding hydrogens is 378 g/mol. The summed E-state index contributed by atoms with van der Waals surface area (Å²) in [5, 5.41) is 5.10. The molecule has 0 bridgehead atoms. The fourth-order valence-corrected chi connectivity index (χ4v) is 3.25. The van der Waals surface area contributed by atoms with Crippen LogP contribution in [0.15, 0.2) is 24.3 Å². The highest BCUT2D eigenvalue weighted by molar-refractivity contribution is 5.98. The number of anilines is 1. The van der Waals surface area contributed by atoms with E-state index in [9.17, 15) is 19.2 Å². The fraction of sp³-hybridized carbons (Fsp3) is 0.500. The van der Waals surface area contributed by atoms with Crippen LogP contribution in [0.5, 0.6) is 0 Å². The lowest BCUT2D eigenvalue weighted by atomic mass is 10.2. The standard InChI is InChI=1S/C20H25N3O6/c24-17(21-11-16-3-2-10-28-16)13-29-19(26)12-22-20(27)14-5-7-15(8-6-14)23-9-1-4-18(23)25/h5-8,16H,1-4,9-13H2,(H,21,24)(H,22,27)/t16-/m0/s1. The van der Waals surface area contributed by atoms with Gasteiger partial charge in [-0.1, -0.05) is 0 Å². The molecule has 3 rings (SSSR count). The van der Waals surface area contributed by atoms with Crippen molar-refractivity contribution >= 4 is 29.4 Å². The second-order valence-electron chi connectivity index (χ2n) is 6.98. The number of nitrogens with zero attached hydrogens (tertiary/aromatic N) is 1. The third-order valence-corrected chi connectivity index (χ3v) is 4.82. The van der Waals surface area contributed by atoms with E-state index in [0.717, 1.165) is 24.9 Å². The first-order chi connectivity index (χ1) is 14.0. The van der Waals surface area contributed by atoms with Crippen molar-refractivity contribution in [2.45, 2.75) is 31.8 Å². The number of amides is 3. The zero-order valence-corrected chi connectivity index (χ0v) is 16.1. The molecule has 2 fully saturated rings. The van der Waals surface area contributed by atoms with E-state index < -0.39 is 24.4 Å². The van der Waals surface area contributed by atoms with Crippen LogP contribution in [0.4, 0.5) is 5.69 Å². The molecule has 0 aromatic heterocycles. The lowest BCUT2D eigenvalue weighted by Gasteiger charge is -2.15. The van der Waals surface area contributed by atoms with Gasteiger partial charge in [0.1, 0.15) is 6.54 Å². The average Bonchev–Trinajstić information content (AvgIpc) is 3.40. The van der Waals surface area contributed by atoms with Crippen LogP contribution in [0.1, 0.15) is 36.0 Å². The predicted molar refractivity (Wildman–Crippen MR) is 103 cm³/mol. The van der Waals surface area contributed by atoms with Crippen molar-refractivity contribution in [1.82, 2.24) is 10.6 Å². The van der Waals surface area contributed by atoms with Gasteiger partial charge in [0, 0.05) is 37.4 Å². The molecule has 1 aromatic carbocycles. The van der Waals surface area contributed by atoms with Crippen molar-refractivity contribution in [3.8, 4) is 0 Å². The normalized spacial score (nSPS) is 18.6. The molecule has 9 heteroatoms. The van der Waals surface area contributed by atoms with E-state index in [1.165, 1.54) is 0 Å². The van der Waals surface area contributed by atoms with E-state index in [1.54, 1.807) is 29.2 Å². The molecule has 1 atom stereocenters. The van der Waals surface area contributed by atoms with E-state index >= 15 is 0 Å². The molecular formula is C20H25N3O6. The van der Waals surface area contributed by atoms with Gasteiger partial charge in [0.25, 0.3) is 11.8 Å². The highest BCUT2D eigenvalue weighted by atomic mass is 16.5. The summed E-state index contributed by atoms with van der Waals surface area (Å²) in [5.74, 6) is -1.48. The summed E-state index contributed by atoms with van der Waals surface area (Å²) in [6.07, 6.45) is 3.27. The van der Waals surface area contributed by atoms with Crippen LogP contribution in [0, 0.1) is 0 Å². The van der Waals surface area contributed by atoms with Gasteiger partial charge in [-0.05, 0) is 43.5 Å². The van der Waals surface area contributed by atoms with Gasteiger partial charge in [-0.15, -0.1) is 0 Å². The van der Waals surface area contributed by atoms with Crippen molar-refractivity contribution in [3.05, 3.63) is 29.8 Å². The van der Waals surface area contributed by atoms with Gasteiger partial charge in [-0.2, -0.15) is 0 Å². The summed E-state index contributed by atoms with van der Waals surface area (Å²) in [6.45, 7) is 1.03. The van der Waals surface area contributed by atoms with Crippen LogP contribution in [0.2, 0.25) is 0 Å². The summed E-state index contributed by atoms with van der Waals surface area (Å²) in [5.41, 5.74) is 1.11. The Morgan fingerprint density at radius 3 is 2.59 bits per heavy atom. The molecule has 1 aromatic rings. The Bertz CT molecular complexity index is 758. The molecule has 2 aliphatic rings. The lowest BCUT2D eigenvalue weighted by Crippen LogP contribution is -2.36. The van der Waals surface area contributed by atoms with Gasteiger partial charge in [0.2, 0.25) is 5.91 Å². The average molecular weight is 403 g/mol. The van der Waals surface area contributed by atoms with Crippen molar-refractivity contribution in [1.29, 1.82) is 0 Å². The third-order valence-electron chi connectivity index (χ3n) is 4.82. The van der Waals surface area contributed by atoms with E-state index in [0.29, 0.717) is 31.7 Å². The van der Waals surface area contributed by atoms with Crippen LogP contribution >= 0.6 is 0 Å². The first-order valence-electron chi connectivity index (χ1n) is 9.75. The van der Waals surface area contributed by atoms with Gasteiger partial charge >= 0.3 is 5.97 Å². The van der Waals surface area contributed by atoms with Gasteiger partial charge < -0.3 is 25.0 Å². The second kappa shape index (κ2) is 10.0. The third kappa shape index (κ3) is 6.02. The molecule has 9 nitrogen and oxygen atoms in total. The number of carbonyl (C=O) groups excluding carboxylic acids is 4. The minimum absolute atomic E-state index is 0.0175. The smallest absolute Gasteiger partial charge is 0.325 e. The maximum Gasteiger partial charge on any atom is 0.325 e. The highest BCUT2D eigenvalue weighted by Crippen LogP contribution is 2.21. The minimum Gasteiger partial charge on any atom is -0.454 e. The Balaban J connectivity index is 1.35. The topological polar surface area (TPSA) is 114 Å². The number of esters is 1. The molecule has 0 aliphatic carbocycles. The predicted octanol–water partition coefficient (Wildman–Crippen LogP) is 0.382. The number of benzene rings is 1. The molecule has 29 heavy (non-hydrogen) atoms. The Morgan fingerprint density at radius 2 is 1.93 bits per heavy atom. The molecule has 0 spiro atoms. The number of hydrogen-bond donors (Lipinski definition) is 2. The second-order valence-corrected chi connectivity index (χ2v) is 6.98. The van der Waals surface area contributed by atoms with Crippen LogP contribution in [-0.2, 0) is 23.9 Å². The molecule has 2 heterocycles. The zero-order valence-electron chi connectivity index (χ0n) is 16.1. The maximum absolute atomic E-state index is 12.1. The Labute approximate surface area is 168 Å².